The number of fused-ring (bicyclic) bond motifs is 1. The maximum Gasteiger partial charge on any atom is 0.130 e. The van der Waals surface area contributed by atoms with Gasteiger partial charge in [-0.25, -0.2) is 4.39 Å². The van der Waals surface area contributed by atoms with Gasteiger partial charge in [-0.3, -0.25) is 0 Å². The van der Waals surface area contributed by atoms with Crippen LogP contribution in [0.2, 0.25) is 0 Å². The van der Waals surface area contributed by atoms with Crippen molar-refractivity contribution < 1.29 is 9.13 Å². The van der Waals surface area contributed by atoms with Gasteiger partial charge < -0.3 is 10.5 Å². The summed E-state index contributed by atoms with van der Waals surface area (Å²) in [6.45, 7) is 4.72. The number of hydrogen-bond donors (Lipinski definition) is 2. The van der Waals surface area contributed by atoms with Gasteiger partial charge in [-0.2, -0.15) is 12.6 Å². The van der Waals surface area contributed by atoms with Crippen molar-refractivity contribution in [1.82, 2.24) is 0 Å². The van der Waals surface area contributed by atoms with Gasteiger partial charge in [0.1, 0.15) is 18.2 Å². The van der Waals surface area contributed by atoms with E-state index in [4.69, 9.17) is 10.5 Å². The van der Waals surface area contributed by atoms with Crippen molar-refractivity contribution in [2.24, 2.45) is 5.92 Å². The van der Waals surface area contributed by atoms with E-state index in [-0.39, 0.29) is 5.82 Å². The molecule has 1 heterocycles. The predicted molar refractivity (Wildman–Crippen MR) is 134 cm³/mol. The molecular formula is C27H30FNOS. The number of anilines is 1. The van der Waals surface area contributed by atoms with Crippen molar-refractivity contribution in [3.8, 4) is 5.75 Å². The van der Waals surface area contributed by atoms with Gasteiger partial charge >= 0.3 is 0 Å². The van der Waals surface area contributed by atoms with Gasteiger partial charge in [0.05, 0.1) is 0 Å². The lowest BCUT2D eigenvalue weighted by Gasteiger charge is -2.19. The SMILES string of the molecule is CCC1C=CC2=C(C/C=C\1)/C(=C(/C)c1cccc(N)c1)c1ccc(F)cc1OC2.CS. The third kappa shape index (κ3) is 5.13. The van der Waals surface area contributed by atoms with E-state index in [0.717, 1.165) is 46.4 Å². The second-order valence-corrected chi connectivity index (χ2v) is 7.62. The minimum absolute atomic E-state index is 0.291. The Morgan fingerprint density at radius 3 is 2.71 bits per heavy atom. The number of rotatable bonds is 2. The summed E-state index contributed by atoms with van der Waals surface area (Å²) in [6, 6.07) is 12.7. The van der Waals surface area contributed by atoms with Crippen molar-refractivity contribution in [3.05, 3.63) is 94.9 Å². The highest BCUT2D eigenvalue weighted by molar-refractivity contribution is 7.79. The van der Waals surface area contributed by atoms with Crippen molar-refractivity contribution in [1.29, 1.82) is 0 Å². The number of thiol groups is 1. The number of allylic oxidation sites excluding steroid dienone is 6. The minimum atomic E-state index is -0.291. The zero-order valence-electron chi connectivity index (χ0n) is 18.4. The van der Waals surface area contributed by atoms with Crippen molar-refractivity contribution >= 4 is 29.5 Å². The number of halogens is 1. The Hall–Kier alpha value is -2.72. The topological polar surface area (TPSA) is 35.2 Å². The molecule has 2 aliphatic rings. The Balaban J connectivity index is 0.00000132. The number of nitrogens with two attached hydrogens (primary N) is 1. The van der Waals surface area contributed by atoms with E-state index in [1.807, 2.05) is 24.3 Å². The normalized spacial score (nSPS) is 20.1. The Kier molecular flexibility index (Phi) is 7.80. The van der Waals surface area contributed by atoms with Gasteiger partial charge in [-0.1, -0.05) is 43.4 Å². The zero-order chi connectivity index (χ0) is 22.4. The Bertz CT molecular complexity index is 1060. The molecule has 1 aliphatic heterocycles. The highest BCUT2D eigenvalue weighted by atomic mass is 32.1. The fourth-order valence-corrected chi connectivity index (χ4v) is 4.05. The maximum absolute atomic E-state index is 14.0. The first-order chi connectivity index (χ1) is 15.1. The van der Waals surface area contributed by atoms with Crippen LogP contribution in [0, 0.1) is 11.7 Å². The largest absolute Gasteiger partial charge is 0.488 e. The zero-order valence-corrected chi connectivity index (χ0v) is 19.3. The molecule has 2 aromatic rings. The molecule has 1 atom stereocenters. The highest BCUT2D eigenvalue weighted by Crippen LogP contribution is 2.43. The second kappa shape index (κ2) is 10.5. The summed E-state index contributed by atoms with van der Waals surface area (Å²) in [5.41, 5.74) is 13.3. The fraction of sp³-hybridized carbons (Fsp3) is 0.259. The molecule has 0 saturated heterocycles. The minimum Gasteiger partial charge on any atom is -0.488 e. The first-order valence-electron chi connectivity index (χ1n) is 10.6. The molecule has 4 heteroatoms. The van der Waals surface area contributed by atoms with Crippen molar-refractivity contribution in [3.63, 3.8) is 0 Å². The second-order valence-electron chi connectivity index (χ2n) is 7.62. The summed E-state index contributed by atoms with van der Waals surface area (Å²) in [5.74, 6) is 0.717. The average Bonchev–Trinajstić information content (AvgIpc) is 2.91. The lowest BCUT2D eigenvalue weighted by molar-refractivity contribution is 0.353. The van der Waals surface area contributed by atoms with Crippen LogP contribution >= 0.6 is 12.6 Å². The number of ether oxygens (including phenoxy) is 1. The van der Waals surface area contributed by atoms with E-state index in [0.29, 0.717) is 18.3 Å². The molecule has 0 radical (unpaired) electrons. The summed E-state index contributed by atoms with van der Waals surface area (Å²) in [6.07, 6.45) is 12.5. The molecule has 0 saturated carbocycles. The smallest absolute Gasteiger partial charge is 0.130 e. The predicted octanol–water partition coefficient (Wildman–Crippen LogP) is 7.12. The van der Waals surface area contributed by atoms with Crippen LogP contribution in [-0.4, -0.2) is 12.9 Å². The quantitative estimate of drug-likeness (QED) is 0.299. The third-order valence-corrected chi connectivity index (χ3v) is 5.70. The van der Waals surface area contributed by atoms with Crippen LogP contribution in [0.4, 0.5) is 10.1 Å². The Morgan fingerprint density at radius 2 is 1.97 bits per heavy atom. The van der Waals surface area contributed by atoms with E-state index < -0.39 is 0 Å². The van der Waals surface area contributed by atoms with Crippen LogP contribution < -0.4 is 10.5 Å². The molecule has 0 aromatic heterocycles. The molecule has 0 amide bonds. The van der Waals surface area contributed by atoms with Gasteiger partial charge in [-0.05, 0) is 84.1 Å². The molecular weight excluding hydrogens is 405 g/mol. The van der Waals surface area contributed by atoms with Gasteiger partial charge in [0.15, 0.2) is 0 Å². The molecule has 1 aliphatic carbocycles. The fourth-order valence-electron chi connectivity index (χ4n) is 4.05. The van der Waals surface area contributed by atoms with Gasteiger partial charge in [0.25, 0.3) is 0 Å². The lowest BCUT2D eigenvalue weighted by atomic mass is 9.84. The molecule has 162 valence electrons. The number of nitrogen functional groups attached to an aromatic ring is 1. The molecule has 2 aromatic carbocycles. The van der Waals surface area contributed by atoms with E-state index >= 15 is 0 Å². The molecule has 0 bridgehead atoms. The van der Waals surface area contributed by atoms with Crippen LogP contribution in [0.15, 0.2) is 77.9 Å². The third-order valence-electron chi connectivity index (χ3n) is 5.70. The van der Waals surface area contributed by atoms with Gasteiger partial charge in [0, 0.05) is 17.3 Å². The van der Waals surface area contributed by atoms with Crippen LogP contribution in [0.1, 0.15) is 37.8 Å². The first kappa shape index (κ1) is 23.0. The van der Waals surface area contributed by atoms with Crippen LogP contribution in [-0.2, 0) is 0 Å². The van der Waals surface area contributed by atoms with Crippen molar-refractivity contribution in [2.45, 2.75) is 26.7 Å². The monoisotopic (exact) mass is 435 g/mol. The van der Waals surface area contributed by atoms with Crippen LogP contribution in [0.5, 0.6) is 5.75 Å². The van der Waals surface area contributed by atoms with Crippen LogP contribution in [0.25, 0.3) is 11.1 Å². The van der Waals surface area contributed by atoms with E-state index in [1.165, 1.54) is 17.7 Å². The molecule has 2 N–H and O–H groups in total. The molecule has 4 rings (SSSR count). The standard InChI is InChI=1S/C26H26FNO.CH4S/c1-3-18-6-4-9-23-20(11-10-18)16-29-25-15-21(27)12-13-24(25)26(23)17(2)19-7-5-8-22(28)14-19;1-2/h4-8,10-15,18H,3,9,16,28H2,1-2H3;2H,1H3/b6-4-,11-10?,26-17+;. The summed E-state index contributed by atoms with van der Waals surface area (Å²) >= 11 is 3.53. The Labute approximate surface area is 190 Å². The van der Waals surface area contributed by atoms with Crippen LogP contribution in [0.3, 0.4) is 0 Å². The van der Waals surface area contributed by atoms with E-state index in [2.05, 4.69) is 56.8 Å². The molecule has 0 fully saturated rings. The van der Waals surface area contributed by atoms with E-state index in [1.54, 1.807) is 6.26 Å². The average molecular weight is 436 g/mol. The summed E-state index contributed by atoms with van der Waals surface area (Å²) < 4.78 is 20.0. The number of benzene rings is 2. The molecule has 1 unspecified atom stereocenters. The van der Waals surface area contributed by atoms with E-state index in [9.17, 15) is 4.39 Å². The van der Waals surface area contributed by atoms with Gasteiger partial charge in [0.2, 0.25) is 0 Å². The first-order valence-corrected chi connectivity index (χ1v) is 11.5. The summed E-state index contributed by atoms with van der Waals surface area (Å²) in [7, 11) is 0. The molecule has 0 spiro atoms. The number of hydrogen-bond acceptors (Lipinski definition) is 3. The highest BCUT2D eigenvalue weighted by Gasteiger charge is 2.24. The Morgan fingerprint density at radius 1 is 1.16 bits per heavy atom. The molecule has 2 nitrogen and oxygen atoms in total. The summed E-state index contributed by atoms with van der Waals surface area (Å²) in [5, 5.41) is 0. The maximum atomic E-state index is 14.0. The van der Waals surface area contributed by atoms with Crippen molar-refractivity contribution in [2.75, 3.05) is 18.6 Å². The summed E-state index contributed by atoms with van der Waals surface area (Å²) in [4.78, 5) is 0. The van der Waals surface area contributed by atoms with Gasteiger partial charge in [-0.15, -0.1) is 0 Å². The molecule has 31 heavy (non-hydrogen) atoms. The lowest BCUT2D eigenvalue weighted by Crippen LogP contribution is -2.03.